The zero-order valence-electron chi connectivity index (χ0n) is 13.2. The van der Waals surface area contributed by atoms with E-state index in [0.717, 1.165) is 12.4 Å². The standard InChI is InChI=1S/C17H29N3/c1-4-15-8-6-5-7-9-20(15)17-11-14(12-18)10-16(19-17)13(2)3/h10-11,13,15H,4-9,12,18H2,1-3H3. The molecule has 1 aromatic rings. The van der Waals surface area contributed by atoms with Crippen molar-refractivity contribution in [2.45, 2.75) is 71.4 Å². The minimum atomic E-state index is 0.451. The van der Waals surface area contributed by atoms with Gasteiger partial charge in [0.05, 0.1) is 0 Å². The summed E-state index contributed by atoms with van der Waals surface area (Å²) < 4.78 is 0. The van der Waals surface area contributed by atoms with Gasteiger partial charge in [-0.25, -0.2) is 4.98 Å². The Balaban J connectivity index is 2.35. The fraction of sp³-hybridized carbons (Fsp3) is 0.706. The summed E-state index contributed by atoms with van der Waals surface area (Å²) in [5, 5.41) is 0. The highest BCUT2D eigenvalue weighted by Gasteiger charge is 2.21. The molecule has 1 atom stereocenters. The van der Waals surface area contributed by atoms with Crippen LogP contribution in [0.1, 0.15) is 70.1 Å². The molecule has 2 rings (SSSR count). The van der Waals surface area contributed by atoms with Gasteiger partial charge in [-0.2, -0.15) is 0 Å². The lowest BCUT2D eigenvalue weighted by Gasteiger charge is -2.31. The summed E-state index contributed by atoms with van der Waals surface area (Å²) in [6.45, 7) is 8.42. The van der Waals surface area contributed by atoms with Crippen molar-refractivity contribution >= 4 is 5.82 Å². The van der Waals surface area contributed by atoms with Crippen molar-refractivity contribution in [2.24, 2.45) is 5.73 Å². The number of anilines is 1. The number of pyridine rings is 1. The number of rotatable bonds is 4. The minimum absolute atomic E-state index is 0.451. The molecule has 2 N–H and O–H groups in total. The van der Waals surface area contributed by atoms with Gasteiger partial charge in [0, 0.05) is 24.8 Å². The maximum Gasteiger partial charge on any atom is 0.129 e. The number of nitrogens with zero attached hydrogens (tertiary/aromatic N) is 2. The number of hydrogen-bond acceptors (Lipinski definition) is 3. The molecule has 3 nitrogen and oxygen atoms in total. The van der Waals surface area contributed by atoms with Crippen molar-refractivity contribution < 1.29 is 0 Å². The second-order valence-electron chi connectivity index (χ2n) is 6.22. The lowest BCUT2D eigenvalue weighted by Crippen LogP contribution is -2.35. The monoisotopic (exact) mass is 275 g/mol. The second-order valence-corrected chi connectivity index (χ2v) is 6.22. The second kappa shape index (κ2) is 7.07. The summed E-state index contributed by atoms with van der Waals surface area (Å²) in [5.41, 5.74) is 8.24. The van der Waals surface area contributed by atoms with E-state index < -0.39 is 0 Å². The van der Waals surface area contributed by atoms with E-state index in [-0.39, 0.29) is 0 Å². The average Bonchev–Trinajstić information content (AvgIpc) is 2.71. The first-order valence-corrected chi connectivity index (χ1v) is 8.13. The molecular formula is C17H29N3. The maximum atomic E-state index is 5.87. The molecule has 1 unspecified atom stereocenters. The van der Waals surface area contributed by atoms with Gasteiger partial charge in [0.1, 0.15) is 5.82 Å². The molecule has 2 heterocycles. The molecule has 0 saturated carbocycles. The Kier molecular flexibility index (Phi) is 5.41. The van der Waals surface area contributed by atoms with Gasteiger partial charge in [0.25, 0.3) is 0 Å². The van der Waals surface area contributed by atoms with E-state index in [9.17, 15) is 0 Å². The van der Waals surface area contributed by atoms with Crippen molar-refractivity contribution in [1.29, 1.82) is 0 Å². The Morgan fingerprint density at radius 3 is 2.75 bits per heavy atom. The van der Waals surface area contributed by atoms with E-state index in [1.807, 2.05) is 0 Å². The molecule has 0 spiro atoms. The van der Waals surface area contributed by atoms with Crippen LogP contribution in [0.5, 0.6) is 0 Å². The molecule has 1 aliphatic rings. The fourth-order valence-electron chi connectivity index (χ4n) is 3.06. The van der Waals surface area contributed by atoms with Crippen LogP contribution < -0.4 is 10.6 Å². The molecule has 0 aromatic carbocycles. The largest absolute Gasteiger partial charge is 0.354 e. The van der Waals surface area contributed by atoms with Gasteiger partial charge in [-0.15, -0.1) is 0 Å². The van der Waals surface area contributed by atoms with Crippen LogP contribution in [0.15, 0.2) is 12.1 Å². The Morgan fingerprint density at radius 2 is 2.10 bits per heavy atom. The Morgan fingerprint density at radius 1 is 1.30 bits per heavy atom. The predicted molar refractivity (Wildman–Crippen MR) is 86.1 cm³/mol. The van der Waals surface area contributed by atoms with Crippen LogP contribution in [0, 0.1) is 0 Å². The smallest absolute Gasteiger partial charge is 0.129 e. The van der Waals surface area contributed by atoms with Gasteiger partial charge in [-0.1, -0.05) is 33.6 Å². The molecule has 20 heavy (non-hydrogen) atoms. The van der Waals surface area contributed by atoms with E-state index in [0.29, 0.717) is 18.5 Å². The van der Waals surface area contributed by atoms with Crippen molar-refractivity contribution in [3.8, 4) is 0 Å². The summed E-state index contributed by atoms with van der Waals surface area (Å²) in [5.74, 6) is 1.60. The van der Waals surface area contributed by atoms with E-state index in [1.165, 1.54) is 43.4 Å². The molecule has 1 fully saturated rings. The van der Waals surface area contributed by atoms with E-state index in [1.54, 1.807) is 0 Å². The SMILES string of the molecule is CCC1CCCCCN1c1cc(CN)cc(C(C)C)n1. The van der Waals surface area contributed by atoms with Gasteiger partial charge in [-0.3, -0.25) is 0 Å². The summed E-state index contributed by atoms with van der Waals surface area (Å²) in [6, 6.07) is 4.99. The highest BCUT2D eigenvalue weighted by atomic mass is 15.2. The van der Waals surface area contributed by atoms with Gasteiger partial charge >= 0.3 is 0 Å². The zero-order valence-corrected chi connectivity index (χ0v) is 13.2. The van der Waals surface area contributed by atoms with Gasteiger partial charge in [0.15, 0.2) is 0 Å². The quantitative estimate of drug-likeness (QED) is 0.908. The van der Waals surface area contributed by atoms with E-state index in [4.69, 9.17) is 10.7 Å². The molecule has 0 bridgehead atoms. The first-order chi connectivity index (χ1) is 9.65. The molecule has 112 valence electrons. The fourth-order valence-corrected chi connectivity index (χ4v) is 3.06. The van der Waals surface area contributed by atoms with Crippen LogP contribution in [0.3, 0.4) is 0 Å². The van der Waals surface area contributed by atoms with E-state index >= 15 is 0 Å². The van der Waals surface area contributed by atoms with Crippen LogP contribution in [-0.4, -0.2) is 17.6 Å². The van der Waals surface area contributed by atoms with Crippen LogP contribution in [0.2, 0.25) is 0 Å². The first-order valence-electron chi connectivity index (χ1n) is 8.13. The number of nitrogens with two attached hydrogens (primary N) is 1. The summed E-state index contributed by atoms with van der Waals surface area (Å²) in [6.07, 6.45) is 6.47. The molecule has 1 saturated heterocycles. The van der Waals surface area contributed by atoms with Gasteiger partial charge in [-0.05, 0) is 42.9 Å². The summed E-state index contributed by atoms with van der Waals surface area (Å²) >= 11 is 0. The third-order valence-corrected chi connectivity index (χ3v) is 4.36. The van der Waals surface area contributed by atoms with Crippen molar-refractivity contribution in [3.63, 3.8) is 0 Å². The van der Waals surface area contributed by atoms with Gasteiger partial charge < -0.3 is 10.6 Å². The van der Waals surface area contributed by atoms with Crippen molar-refractivity contribution in [3.05, 3.63) is 23.4 Å². The Bertz CT molecular complexity index is 428. The first kappa shape index (κ1) is 15.3. The lowest BCUT2D eigenvalue weighted by atomic mass is 10.1. The molecule has 0 radical (unpaired) electrons. The molecule has 0 aliphatic carbocycles. The van der Waals surface area contributed by atoms with Gasteiger partial charge in [0.2, 0.25) is 0 Å². The highest BCUT2D eigenvalue weighted by molar-refractivity contribution is 5.44. The highest BCUT2D eigenvalue weighted by Crippen LogP contribution is 2.27. The lowest BCUT2D eigenvalue weighted by molar-refractivity contribution is 0.551. The van der Waals surface area contributed by atoms with Crippen LogP contribution in [0.25, 0.3) is 0 Å². The number of aromatic nitrogens is 1. The Labute approximate surface area is 123 Å². The minimum Gasteiger partial charge on any atom is -0.354 e. The number of hydrogen-bond donors (Lipinski definition) is 1. The Hall–Kier alpha value is -1.09. The topological polar surface area (TPSA) is 42.1 Å². The summed E-state index contributed by atoms with van der Waals surface area (Å²) in [7, 11) is 0. The molecular weight excluding hydrogens is 246 g/mol. The average molecular weight is 275 g/mol. The molecule has 1 aliphatic heterocycles. The molecule has 3 heteroatoms. The van der Waals surface area contributed by atoms with Crippen LogP contribution in [-0.2, 0) is 6.54 Å². The van der Waals surface area contributed by atoms with Crippen LogP contribution in [0.4, 0.5) is 5.82 Å². The third kappa shape index (κ3) is 3.51. The van der Waals surface area contributed by atoms with Crippen molar-refractivity contribution in [2.75, 3.05) is 11.4 Å². The predicted octanol–water partition coefficient (Wildman–Crippen LogP) is 3.82. The third-order valence-electron chi connectivity index (χ3n) is 4.36. The maximum absolute atomic E-state index is 5.87. The zero-order chi connectivity index (χ0) is 14.5. The summed E-state index contributed by atoms with van der Waals surface area (Å²) in [4.78, 5) is 7.44. The molecule has 1 aromatic heterocycles. The van der Waals surface area contributed by atoms with Crippen LogP contribution >= 0.6 is 0 Å². The normalized spacial score (nSPS) is 20.2. The molecule has 0 amide bonds. The van der Waals surface area contributed by atoms with Crippen molar-refractivity contribution in [1.82, 2.24) is 4.98 Å². The van der Waals surface area contributed by atoms with E-state index in [2.05, 4.69) is 37.8 Å².